The molecule has 3 aromatic rings. The summed E-state index contributed by atoms with van der Waals surface area (Å²) in [6.07, 6.45) is 4.84. The number of amides is 2. The van der Waals surface area contributed by atoms with E-state index in [0.717, 1.165) is 36.1 Å². The molecule has 0 fully saturated rings. The van der Waals surface area contributed by atoms with Gasteiger partial charge in [0.05, 0.1) is 23.9 Å². The quantitative estimate of drug-likeness (QED) is 0.143. The van der Waals surface area contributed by atoms with Crippen LogP contribution in [-0.2, 0) is 27.2 Å². The monoisotopic (exact) mass is 553 g/mol. The van der Waals surface area contributed by atoms with Gasteiger partial charge in [-0.15, -0.1) is 11.3 Å². The van der Waals surface area contributed by atoms with Crippen molar-refractivity contribution >= 4 is 57.9 Å². The third-order valence-corrected chi connectivity index (χ3v) is 7.09. The Morgan fingerprint density at radius 3 is 2.39 bits per heavy atom. The minimum Gasteiger partial charge on any atom is -0.462 e. The molecule has 0 atom stereocenters. The Bertz CT molecular complexity index is 1380. The van der Waals surface area contributed by atoms with Gasteiger partial charge >= 0.3 is 23.8 Å². The Kier molecular flexibility index (Phi) is 8.88. The molecule has 1 aromatic heterocycles. The minimum atomic E-state index is -0.990. The smallest absolute Gasteiger partial charge is 0.343 e. The maximum Gasteiger partial charge on any atom is 0.343 e. The number of carbonyl (C=O) groups excluding carboxylic acids is 4. The minimum absolute atomic E-state index is 0.206. The number of thiophene rings is 1. The molecule has 11 heteroatoms. The normalized spacial score (nSPS) is 12.5. The number of benzene rings is 2. The number of halogens is 1. The zero-order chi connectivity index (χ0) is 27.1. The van der Waals surface area contributed by atoms with Crippen molar-refractivity contribution in [3.8, 4) is 5.75 Å². The number of aryl methyl sites for hydroxylation is 1. The molecular formula is C27H24ClN3O6S. The lowest BCUT2D eigenvalue weighted by Crippen LogP contribution is -2.32. The number of hydrogen-bond acceptors (Lipinski definition) is 8. The molecule has 0 radical (unpaired) electrons. The van der Waals surface area contributed by atoms with Gasteiger partial charge in [0.2, 0.25) is 0 Å². The van der Waals surface area contributed by atoms with Crippen molar-refractivity contribution in [2.75, 3.05) is 11.9 Å². The molecule has 1 aliphatic carbocycles. The molecule has 196 valence electrons. The fraction of sp³-hybridized carbons (Fsp3) is 0.222. The third-order valence-electron chi connectivity index (χ3n) is 5.63. The first-order chi connectivity index (χ1) is 18.4. The van der Waals surface area contributed by atoms with E-state index in [-0.39, 0.29) is 6.61 Å². The predicted octanol–water partition coefficient (Wildman–Crippen LogP) is 4.77. The summed E-state index contributed by atoms with van der Waals surface area (Å²) in [6, 6.07) is 12.7. The number of nitrogens with one attached hydrogen (secondary N) is 2. The topological polar surface area (TPSA) is 123 Å². The van der Waals surface area contributed by atoms with E-state index in [1.54, 1.807) is 55.5 Å². The second-order valence-corrected chi connectivity index (χ2v) is 9.80. The van der Waals surface area contributed by atoms with E-state index in [1.807, 2.05) is 0 Å². The molecule has 2 aromatic carbocycles. The summed E-state index contributed by atoms with van der Waals surface area (Å²) in [6.45, 7) is 1.92. The molecule has 2 amide bonds. The number of anilines is 1. The molecule has 0 aliphatic heterocycles. The van der Waals surface area contributed by atoms with Crippen LogP contribution >= 0.6 is 22.9 Å². The van der Waals surface area contributed by atoms with Crippen LogP contribution in [0.2, 0.25) is 5.02 Å². The Morgan fingerprint density at radius 1 is 0.974 bits per heavy atom. The summed E-state index contributed by atoms with van der Waals surface area (Å²) in [4.78, 5) is 50.5. The number of ether oxygens (including phenoxy) is 2. The number of nitrogens with zero attached hydrogens (tertiary/aromatic N) is 1. The van der Waals surface area contributed by atoms with Crippen LogP contribution in [0.1, 0.15) is 56.5 Å². The zero-order valence-electron chi connectivity index (χ0n) is 20.4. The Balaban J connectivity index is 1.33. The van der Waals surface area contributed by atoms with E-state index in [1.165, 1.54) is 17.6 Å². The molecule has 0 spiro atoms. The van der Waals surface area contributed by atoms with Gasteiger partial charge in [0, 0.05) is 9.90 Å². The second kappa shape index (κ2) is 12.5. The first kappa shape index (κ1) is 27.0. The largest absolute Gasteiger partial charge is 0.462 e. The molecular weight excluding hydrogens is 530 g/mol. The number of hydrazone groups is 1. The highest BCUT2D eigenvalue weighted by Gasteiger charge is 2.28. The van der Waals surface area contributed by atoms with Crippen LogP contribution in [0.4, 0.5) is 5.00 Å². The van der Waals surface area contributed by atoms with Gasteiger partial charge in [-0.2, -0.15) is 5.10 Å². The van der Waals surface area contributed by atoms with Gasteiger partial charge in [-0.05, 0) is 92.3 Å². The number of fused-ring (bicyclic) bond motifs is 1. The van der Waals surface area contributed by atoms with E-state index < -0.39 is 23.8 Å². The molecule has 38 heavy (non-hydrogen) atoms. The molecule has 0 saturated heterocycles. The number of hydrogen-bond donors (Lipinski definition) is 2. The van der Waals surface area contributed by atoms with Crippen LogP contribution in [0.25, 0.3) is 0 Å². The predicted molar refractivity (Wildman–Crippen MR) is 144 cm³/mol. The highest BCUT2D eigenvalue weighted by molar-refractivity contribution is 7.17. The van der Waals surface area contributed by atoms with Crippen molar-refractivity contribution < 1.29 is 28.7 Å². The van der Waals surface area contributed by atoms with Crippen LogP contribution in [0.3, 0.4) is 0 Å². The van der Waals surface area contributed by atoms with E-state index in [2.05, 4.69) is 15.8 Å². The molecule has 2 N–H and O–H groups in total. The zero-order valence-corrected chi connectivity index (χ0v) is 22.0. The lowest BCUT2D eigenvalue weighted by atomic mass is 9.95. The summed E-state index contributed by atoms with van der Waals surface area (Å²) in [7, 11) is 0. The molecule has 0 saturated carbocycles. The Labute approximate surface area is 227 Å². The average Bonchev–Trinajstić information content (AvgIpc) is 3.28. The standard InChI is InChI=1S/C27H24ClN3O6S/c1-2-36-27(35)22-20-5-3-4-6-21(20)38-25(22)30-23(32)24(33)31-29-15-16-7-13-19(14-8-16)37-26(34)17-9-11-18(28)12-10-17/h7-15H,2-6H2,1H3,(H,30,32)(H,31,33)/b29-15-. The van der Waals surface area contributed by atoms with Crippen LogP contribution in [0.5, 0.6) is 5.75 Å². The van der Waals surface area contributed by atoms with E-state index >= 15 is 0 Å². The van der Waals surface area contributed by atoms with E-state index in [9.17, 15) is 19.2 Å². The molecule has 0 bridgehead atoms. The number of rotatable bonds is 7. The van der Waals surface area contributed by atoms with Gasteiger partial charge in [0.1, 0.15) is 10.8 Å². The fourth-order valence-electron chi connectivity index (χ4n) is 3.82. The summed E-state index contributed by atoms with van der Waals surface area (Å²) >= 11 is 7.12. The number of carbonyl (C=O) groups is 4. The summed E-state index contributed by atoms with van der Waals surface area (Å²) < 4.78 is 10.5. The van der Waals surface area contributed by atoms with Crippen LogP contribution in [0.15, 0.2) is 53.6 Å². The Hall–Kier alpha value is -4.02. The highest BCUT2D eigenvalue weighted by atomic mass is 35.5. The first-order valence-corrected chi connectivity index (χ1v) is 13.1. The van der Waals surface area contributed by atoms with Crippen molar-refractivity contribution in [1.82, 2.24) is 5.43 Å². The van der Waals surface area contributed by atoms with Gasteiger partial charge in [0.15, 0.2) is 0 Å². The van der Waals surface area contributed by atoms with Crippen molar-refractivity contribution in [3.63, 3.8) is 0 Å². The van der Waals surface area contributed by atoms with Gasteiger partial charge in [-0.25, -0.2) is 15.0 Å². The summed E-state index contributed by atoms with van der Waals surface area (Å²) in [5, 5.41) is 7.17. The highest BCUT2D eigenvalue weighted by Crippen LogP contribution is 2.38. The lowest BCUT2D eigenvalue weighted by Gasteiger charge is -2.12. The maximum absolute atomic E-state index is 12.5. The SMILES string of the molecule is CCOC(=O)c1c(NC(=O)C(=O)N/N=C\c2ccc(OC(=O)c3ccc(Cl)cc3)cc2)sc2c1CCCC2. The van der Waals surface area contributed by atoms with E-state index in [4.69, 9.17) is 21.1 Å². The van der Waals surface area contributed by atoms with E-state index in [0.29, 0.717) is 32.5 Å². The van der Waals surface area contributed by atoms with Crippen LogP contribution in [-0.4, -0.2) is 36.6 Å². The van der Waals surface area contributed by atoms with Crippen molar-refractivity contribution in [2.45, 2.75) is 32.6 Å². The molecule has 0 unspecified atom stereocenters. The van der Waals surface area contributed by atoms with Crippen molar-refractivity contribution in [3.05, 3.63) is 80.7 Å². The second-order valence-electron chi connectivity index (χ2n) is 8.25. The molecule has 1 aliphatic rings. The van der Waals surface area contributed by atoms with Crippen molar-refractivity contribution in [1.29, 1.82) is 0 Å². The van der Waals surface area contributed by atoms with Gasteiger partial charge in [-0.1, -0.05) is 11.6 Å². The van der Waals surface area contributed by atoms with Gasteiger partial charge in [0.25, 0.3) is 0 Å². The molecule has 9 nitrogen and oxygen atoms in total. The van der Waals surface area contributed by atoms with Crippen LogP contribution in [0, 0.1) is 0 Å². The van der Waals surface area contributed by atoms with Crippen LogP contribution < -0.4 is 15.5 Å². The van der Waals surface area contributed by atoms with Crippen molar-refractivity contribution in [2.24, 2.45) is 5.10 Å². The average molecular weight is 554 g/mol. The summed E-state index contributed by atoms with van der Waals surface area (Å²) in [5.41, 5.74) is 4.33. The summed E-state index contributed by atoms with van der Waals surface area (Å²) in [5.74, 6) is -2.66. The lowest BCUT2D eigenvalue weighted by molar-refractivity contribution is -0.136. The number of esters is 2. The Morgan fingerprint density at radius 2 is 1.68 bits per heavy atom. The first-order valence-electron chi connectivity index (χ1n) is 11.9. The van der Waals surface area contributed by atoms with Gasteiger partial charge < -0.3 is 14.8 Å². The third kappa shape index (κ3) is 6.64. The fourth-order valence-corrected chi connectivity index (χ4v) is 5.22. The molecule has 4 rings (SSSR count). The van der Waals surface area contributed by atoms with Gasteiger partial charge in [-0.3, -0.25) is 9.59 Å². The molecule has 1 heterocycles. The maximum atomic E-state index is 12.5.